The summed E-state index contributed by atoms with van der Waals surface area (Å²) in [6.45, 7) is 9.28. The second-order valence-electron chi connectivity index (χ2n) is 4.30. The van der Waals surface area contributed by atoms with Gasteiger partial charge in [-0.25, -0.2) is 9.79 Å². The molecule has 0 rings (SSSR count). The molecule has 0 amide bonds. The van der Waals surface area contributed by atoms with Crippen LogP contribution in [-0.4, -0.2) is 12.6 Å². The Morgan fingerprint density at radius 2 is 2.00 bits per heavy atom. The number of nitrogens with zero attached hydrogens (tertiary/aromatic N) is 1. The van der Waals surface area contributed by atoms with Crippen molar-refractivity contribution < 1.29 is 4.79 Å². The maximum absolute atomic E-state index is 9.78. The van der Waals surface area contributed by atoms with Crippen LogP contribution in [0.2, 0.25) is 0 Å². The van der Waals surface area contributed by atoms with Gasteiger partial charge in [-0.05, 0) is 17.8 Å². The molecule has 0 aliphatic heterocycles. The Balaban J connectivity index is 3.69. The lowest BCUT2D eigenvalue weighted by Crippen LogP contribution is -2.12. The van der Waals surface area contributed by atoms with Crippen molar-refractivity contribution in [3.8, 4) is 0 Å². The van der Waals surface area contributed by atoms with Crippen molar-refractivity contribution in [2.45, 2.75) is 34.1 Å². The monoisotopic (exact) mass is 155 g/mol. The second kappa shape index (κ2) is 4.30. The zero-order valence-corrected chi connectivity index (χ0v) is 7.85. The van der Waals surface area contributed by atoms with Gasteiger partial charge < -0.3 is 0 Å². The second-order valence-corrected chi connectivity index (χ2v) is 4.30. The van der Waals surface area contributed by atoms with Crippen LogP contribution in [0, 0.1) is 11.3 Å². The van der Waals surface area contributed by atoms with Crippen LogP contribution in [0.15, 0.2) is 4.99 Å². The van der Waals surface area contributed by atoms with Gasteiger partial charge in [-0.15, -0.1) is 0 Å². The highest BCUT2D eigenvalue weighted by atomic mass is 16.1. The molecule has 0 radical (unpaired) electrons. The van der Waals surface area contributed by atoms with Gasteiger partial charge in [0, 0.05) is 0 Å². The first-order valence-electron chi connectivity index (χ1n) is 3.99. The summed E-state index contributed by atoms with van der Waals surface area (Å²) in [6, 6.07) is 0. The zero-order valence-electron chi connectivity index (χ0n) is 7.85. The maximum Gasteiger partial charge on any atom is 0.234 e. The molecule has 2 nitrogen and oxygen atoms in total. The highest BCUT2D eigenvalue weighted by Gasteiger charge is 2.14. The predicted molar refractivity (Wildman–Crippen MR) is 46.2 cm³/mol. The van der Waals surface area contributed by atoms with Gasteiger partial charge in [0.15, 0.2) is 0 Å². The van der Waals surface area contributed by atoms with Crippen LogP contribution < -0.4 is 0 Å². The van der Waals surface area contributed by atoms with E-state index in [0.29, 0.717) is 17.9 Å². The van der Waals surface area contributed by atoms with Crippen molar-refractivity contribution >= 4 is 6.08 Å². The minimum Gasteiger partial charge on any atom is -0.211 e. The summed E-state index contributed by atoms with van der Waals surface area (Å²) in [4.78, 5) is 13.3. The SMILES string of the molecule is CC(CN=C=O)CC(C)(C)C. The third kappa shape index (κ3) is 7.27. The Kier molecular flexibility index (Phi) is 4.06. The van der Waals surface area contributed by atoms with E-state index in [1.807, 2.05) is 0 Å². The van der Waals surface area contributed by atoms with Gasteiger partial charge in [0.05, 0.1) is 6.54 Å². The molecule has 0 saturated carbocycles. The quantitative estimate of drug-likeness (QED) is 0.454. The molecule has 0 fully saturated rings. The number of carbonyl (C=O) groups excluding carboxylic acids is 1. The average Bonchev–Trinajstić information content (AvgIpc) is 1.79. The summed E-state index contributed by atoms with van der Waals surface area (Å²) >= 11 is 0. The molecule has 0 aromatic carbocycles. The number of aliphatic imine (C=N–C) groups is 1. The molecule has 64 valence electrons. The molecule has 0 N–H and O–H groups in total. The van der Waals surface area contributed by atoms with Gasteiger partial charge in [0.25, 0.3) is 0 Å². The molecule has 0 saturated heterocycles. The lowest BCUT2D eigenvalue weighted by atomic mass is 9.85. The molecule has 0 aromatic rings. The van der Waals surface area contributed by atoms with Gasteiger partial charge in [0.2, 0.25) is 6.08 Å². The van der Waals surface area contributed by atoms with Gasteiger partial charge >= 0.3 is 0 Å². The summed E-state index contributed by atoms with van der Waals surface area (Å²) < 4.78 is 0. The first kappa shape index (κ1) is 10.4. The summed E-state index contributed by atoms with van der Waals surface area (Å²) in [7, 11) is 0. The fourth-order valence-corrected chi connectivity index (χ4v) is 1.30. The fourth-order valence-electron chi connectivity index (χ4n) is 1.30. The Morgan fingerprint density at radius 3 is 2.36 bits per heavy atom. The lowest BCUT2D eigenvalue weighted by molar-refractivity contribution is 0.311. The van der Waals surface area contributed by atoms with Crippen LogP contribution in [0.3, 0.4) is 0 Å². The van der Waals surface area contributed by atoms with Crippen molar-refractivity contribution in [3.05, 3.63) is 0 Å². The van der Waals surface area contributed by atoms with Gasteiger partial charge in [0.1, 0.15) is 0 Å². The van der Waals surface area contributed by atoms with E-state index in [2.05, 4.69) is 32.7 Å². The lowest BCUT2D eigenvalue weighted by Gasteiger charge is -2.21. The van der Waals surface area contributed by atoms with Gasteiger partial charge in [-0.3, -0.25) is 0 Å². The van der Waals surface area contributed by atoms with Crippen LogP contribution in [-0.2, 0) is 4.79 Å². The average molecular weight is 155 g/mol. The van der Waals surface area contributed by atoms with Crippen LogP contribution in [0.4, 0.5) is 0 Å². The van der Waals surface area contributed by atoms with Crippen molar-refractivity contribution in [1.82, 2.24) is 0 Å². The van der Waals surface area contributed by atoms with E-state index in [4.69, 9.17) is 0 Å². The molecule has 0 spiro atoms. The molecular weight excluding hydrogens is 138 g/mol. The molecule has 0 aromatic heterocycles. The summed E-state index contributed by atoms with van der Waals surface area (Å²) in [5.41, 5.74) is 0.331. The Morgan fingerprint density at radius 1 is 1.45 bits per heavy atom. The first-order valence-corrected chi connectivity index (χ1v) is 3.99. The standard InChI is InChI=1S/C9H17NO/c1-8(6-10-7-11)5-9(2,3)4/h8H,5-6H2,1-4H3. The smallest absolute Gasteiger partial charge is 0.211 e. The van der Waals surface area contributed by atoms with Crippen LogP contribution >= 0.6 is 0 Å². The van der Waals surface area contributed by atoms with E-state index in [-0.39, 0.29) is 0 Å². The summed E-state index contributed by atoms with van der Waals surface area (Å²) in [5.74, 6) is 0.483. The normalized spacial score (nSPS) is 13.8. The molecule has 1 unspecified atom stereocenters. The fraction of sp³-hybridized carbons (Fsp3) is 0.889. The third-order valence-corrected chi connectivity index (χ3v) is 1.43. The molecule has 0 heterocycles. The highest BCUT2D eigenvalue weighted by molar-refractivity contribution is 5.32. The predicted octanol–water partition coefficient (Wildman–Crippen LogP) is 2.39. The van der Waals surface area contributed by atoms with Crippen LogP contribution in [0.1, 0.15) is 34.1 Å². The van der Waals surface area contributed by atoms with Crippen molar-refractivity contribution in [2.24, 2.45) is 16.3 Å². The number of hydrogen-bond donors (Lipinski definition) is 0. The van der Waals surface area contributed by atoms with E-state index >= 15 is 0 Å². The van der Waals surface area contributed by atoms with Gasteiger partial charge in [-0.1, -0.05) is 27.7 Å². The molecule has 0 bridgehead atoms. The number of isocyanates is 1. The minimum absolute atomic E-state index is 0.331. The van der Waals surface area contributed by atoms with E-state index in [9.17, 15) is 4.79 Å². The molecule has 0 aliphatic carbocycles. The molecule has 11 heavy (non-hydrogen) atoms. The Bertz CT molecular complexity index is 151. The van der Waals surface area contributed by atoms with Crippen LogP contribution in [0.5, 0.6) is 0 Å². The zero-order chi connectivity index (χ0) is 8.91. The van der Waals surface area contributed by atoms with E-state index in [0.717, 1.165) is 6.42 Å². The van der Waals surface area contributed by atoms with Gasteiger partial charge in [-0.2, -0.15) is 0 Å². The third-order valence-electron chi connectivity index (χ3n) is 1.43. The van der Waals surface area contributed by atoms with Crippen molar-refractivity contribution in [1.29, 1.82) is 0 Å². The highest BCUT2D eigenvalue weighted by Crippen LogP contribution is 2.23. The first-order chi connectivity index (χ1) is 4.95. The van der Waals surface area contributed by atoms with E-state index in [1.165, 1.54) is 0 Å². The van der Waals surface area contributed by atoms with Crippen molar-refractivity contribution in [3.63, 3.8) is 0 Å². The Labute approximate surface area is 68.7 Å². The number of rotatable bonds is 3. The van der Waals surface area contributed by atoms with E-state index < -0.39 is 0 Å². The molecule has 0 aliphatic rings. The Hall–Kier alpha value is -0.620. The summed E-state index contributed by atoms with van der Waals surface area (Å²) in [5, 5.41) is 0. The maximum atomic E-state index is 9.78. The topological polar surface area (TPSA) is 29.4 Å². The molecule has 2 heteroatoms. The largest absolute Gasteiger partial charge is 0.234 e. The number of hydrogen-bond acceptors (Lipinski definition) is 2. The van der Waals surface area contributed by atoms with Crippen LogP contribution in [0.25, 0.3) is 0 Å². The minimum atomic E-state index is 0.331. The summed E-state index contributed by atoms with van der Waals surface area (Å²) in [6.07, 6.45) is 2.65. The van der Waals surface area contributed by atoms with E-state index in [1.54, 1.807) is 6.08 Å². The molecule has 1 atom stereocenters. The van der Waals surface area contributed by atoms with Crippen molar-refractivity contribution in [2.75, 3.05) is 6.54 Å². The molecular formula is C9H17NO.